The second-order valence-electron chi connectivity index (χ2n) is 19.5. The Morgan fingerprint density at radius 1 is 0.309 bits per heavy atom. The quantitative estimate of drug-likeness (QED) is 0.0262. The zero-order valence-electron chi connectivity index (χ0n) is 45.1. The molecule has 0 amide bonds. The Morgan fingerprint density at radius 2 is 0.574 bits per heavy atom. The van der Waals surface area contributed by atoms with Gasteiger partial charge in [-0.05, 0) is 64.2 Å². The van der Waals surface area contributed by atoms with Crippen LogP contribution in [0, 0.1) is 0 Å². The van der Waals surface area contributed by atoms with Crippen molar-refractivity contribution < 1.29 is 28.6 Å². The zero-order valence-corrected chi connectivity index (χ0v) is 45.1. The standard InChI is InChI=1S/C62H110O6/c1-4-7-10-13-16-18-20-22-24-26-28-30-31-32-34-35-37-39-41-43-46-49-52-55-61(64)67-58-59(57-66-60(63)54-51-48-45-15-12-9-6-3)68-62(65)56-53-50-47-44-42-40-38-36-33-29-27-25-23-21-19-17-14-11-8-5-2/h7,10,16,18,22,24,28,30,32,34,59H,4-6,8-9,11-15,17,19-21,23,25-27,29,31,33,35-58H2,1-3H3/b10-7-,18-16-,24-22-,30-28-,34-32-. The summed E-state index contributed by atoms with van der Waals surface area (Å²) in [6, 6.07) is 0. The number of carbonyl (C=O) groups excluding carboxylic acids is 3. The van der Waals surface area contributed by atoms with E-state index in [9.17, 15) is 14.4 Å². The number of rotatable bonds is 53. The Labute approximate surface area is 421 Å². The highest BCUT2D eigenvalue weighted by Gasteiger charge is 2.19. The molecule has 1 unspecified atom stereocenters. The van der Waals surface area contributed by atoms with E-state index in [-0.39, 0.29) is 31.1 Å². The number of unbranched alkanes of at least 4 members (excludes halogenated alkanes) is 32. The summed E-state index contributed by atoms with van der Waals surface area (Å²) in [5.41, 5.74) is 0. The summed E-state index contributed by atoms with van der Waals surface area (Å²) in [5.74, 6) is -0.879. The van der Waals surface area contributed by atoms with Crippen molar-refractivity contribution in [1.29, 1.82) is 0 Å². The smallest absolute Gasteiger partial charge is 0.306 e. The van der Waals surface area contributed by atoms with Gasteiger partial charge in [-0.2, -0.15) is 0 Å². The topological polar surface area (TPSA) is 78.9 Å². The number of hydrogen-bond donors (Lipinski definition) is 0. The van der Waals surface area contributed by atoms with Gasteiger partial charge < -0.3 is 14.2 Å². The van der Waals surface area contributed by atoms with Gasteiger partial charge in [0.25, 0.3) is 0 Å². The first-order valence-corrected chi connectivity index (χ1v) is 29.3. The maximum absolute atomic E-state index is 12.8. The van der Waals surface area contributed by atoms with Crippen molar-refractivity contribution in [2.24, 2.45) is 0 Å². The Morgan fingerprint density at radius 3 is 0.897 bits per heavy atom. The van der Waals surface area contributed by atoms with Crippen molar-refractivity contribution in [2.45, 2.75) is 303 Å². The van der Waals surface area contributed by atoms with E-state index < -0.39 is 6.10 Å². The largest absolute Gasteiger partial charge is 0.462 e. The van der Waals surface area contributed by atoms with Gasteiger partial charge in [0.15, 0.2) is 6.10 Å². The first-order chi connectivity index (χ1) is 33.5. The molecule has 0 spiro atoms. The molecule has 0 aliphatic heterocycles. The summed E-state index contributed by atoms with van der Waals surface area (Å²) in [6.07, 6.45) is 70.9. The molecule has 0 rings (SSSR count). The maximum atomic E-state index is 12.8. The van der Waals surface area contributed by atoms with Crippen LogP contribution in [-0.2, 0) is 28.6 Å². The van der Waals surface area contributed by atoms with Gasteiger partial charge in [-0.15, -0.1) is 0 Å². The molecule has 0 bridgehead atoms. The summed E-state index contributed by atoms with van der Waals surface area (Å²) in [5, 5.41) is 0. The normalized spacial score (nSPS) is 12.5. The van der Waals surface area contributed by atoms with Gasteiger partial charge in [0.2, 0.25) is 0 Å². The van der Waals surface area contributed by atoms with Crippen LogP contribution < -0.4 is 0 Å². The van der Waals surface area contributed by atoms with Crippen molar-refractivity contribution in [3.8, 4) is 0 Å². The second-order valence-corrected chi connectivity index (χ2v) is 19.5. The molecule has 0 aliphatic rings. The molecule has 1 atom stereocenters. The van der Waals surface area contributed by atoms with Crippen molar-refractivity contribution in [1.82, 2.24) is 0 Å². The number of hydrogen-bond acceptors (Lipinski definition) is 6. The summed E-state index contributed by atoms with van der Waals surface area (Å²) in [4.78, 5) is 38.0. The van der Waals surface area contributed by atoms with E-state index >= 15 is 0 Å². The van der Waals surface area contributed by atoms with Gasteiger partial charge in [0.1, 0.15) is 13.2 Å². The van der Waals surface area contributed by atoms with Crippen LogP contribution in [-0.4, -0.2) is 37.2 Å². The van der Waals surface area contributed by atoms with E-state index in [4.69, 9.17) is 14.2 Å². The zero-order chi connectivity index (χ0) is 49.3. The minimum absolute atomic E-state index is 0.0747. The Balaban J connectivity index is 4.19. The van der Waals surface area contributed by atoms with Crippen LogP contribution in [0.15, 0.2) is 60.8 Å². The fraction of sp³-hybridized carbons (Fsp3) is 0.790. The van der Waals surface area contributed by atoms with E-state index in [1.165, 1.54) is 161 Å². The molecule has 0 N–H and O–H groups in total. The van der Waals surface area contributed by atoms with Crippen LogP contribution in [0.25, 0.3) is 0 Å². The molecule has 68 heavy (non-hydrogen) atoms. The highest BCUT2D eigenvalue weighted by atomic mass is 16.6. The van der Waals surface area contributed by atoms with Crippen molar-refractivity contribution in [3.05, 3.63) is 60.8 Å². The molecule has 6 heteroatoms. The lowest BCUT2D eigenvalue weighted by Crippen LogP contribution is -2.30. The predicted octanol–water partition coefficient (Wildman–Crippen LogP) is 19.6. The highest BCUT2D eigenvalue weighted by Crippen LogP contribution is 2.17. The van der Waals surface area contributed by atoms with Crippen LogP contribution in [0.3, 0.4) is 0 Å². The molecule has 0 aromatic heterocycles. The number of esters is 3. The predicted molar refractivity (Wildman–Crippen MR) is 293 cm³/mol. The molecule has 0 saturated heterocycles. The number of ether oxygens (including phenoxy) is 3. The van der Waals surface area contributed by atoms with Gasteiger partial charge in [-0.25, -0.2) is 0 Å². The molecule has 0 aromatic rings. The minimum atomic E-state index is -0.774. The molecule has 394 valence electrons. The third-order valence-corrected chi connectivity index (χ3v) is 12.8. The molecule has 6 nitrogen and oxygen atoms in total. The lowest BCUT2D eigenvalue weighted by atomic mass is 10.0. The van der Waals surface area contributed by atoms with E-state index in [1.54, 1.807) is 0 Å². The number of carbonyl (C=O) groups is 3. The summed E-state index contributed by atoms with van der Waals surface area (Å²) < 4.78 is 16.8. The molecule has 0 fully saturated rings. The Bertz CT molecular complexity index is 1230. The maximum Gasteiger partial charge on any atom is 0.306 e. The fourth-order valence-corrected chi connectivity index (χ4v) is 8.41. The van der Waals surface area contributed by atoms with E-state index in [0.717, 1.165) is 96.3 Å². The third-order valence-electron chi connectivity index (χ3n) is 12.8. The van der Waals surface area contributed by atoms with Crippen LogP contribution in [0.4, 0.5) is 0 Å². The van der Waals surface area contributed by atoms with Crippen LogP contribution in [0.1, 0.15) is 297 Å². The Kier molecular flexibility index (Phi) is 54.3. The van der Waals surface area contributed by atoms with E-state index in [0.29, 0.717) is 19.3 Å². The molecular formula is C62H110O6. The summed E-state index contributed by atoms with van der Waals surface area (Å²) in [7, 11) is 0. The lowest BCUT2D eigenvalue weighted by molar-refractivity contribution is -0.167. The number of allylic oxidation sites excluding steroid dienone is 10. The average molecular weight is 952 g/mol. The van der Waals surface area contributed by atoms with Gasteiger partial charge in [0, 0.05) is 19.3 Å². The summed E-state index contributed by atoms with van der Waals surface area (Å²) >= 11 is 0. The molecular weight excluding hydrogens is 841 g/mol. The van der Waals surface area contributed by atoms with E-state index in [1.807, 2.05) is 0 Å². The second kappa shape index (κ2) is 56.7. The van der Waals surface area contributed by atoms with Crippen molar-refractivity contribution in [2.75, 3.05) is 13.2 Å². The molecule has 0 saturated carbocycles. The summed E-state index contributed by atoms with van der Waals surface area (Å²) in [6.45, 7) is 6.51. The van der Waals surface area contributed by atoms with Crippen LogP contribution in [0.2, 0.25) is 0 Å². The SMILES string of the molecule is CC/C=C\C/C=C\C/C=C\C/C=C\C/C=C\CCCCCCCCCC(=O)OCC(COC(=O)CCCCCCCCC)OC(=O)CCCCCCCCCCCCCCCCCCCCCC. The third kappa shape index (κ3) is 54.1. The van der Waals surface area contributed by atoms with E-state index in [2.05, 4.69) is 81.5 Å². The van der Waals surface area contributed by atoms with Crippen molar-refractivity contribution >= 4 is 17.9 Å². The molecule has 0 heterocycles. The van der Waals surface area contributed by atoms with Crippen LogP contribution in [0.5, 0.6) is 0 Å². The molecule has 0 aromatic carbocycles. The molecule has 0 radical (unpaired) electrons. The first kappa shape index (κ1) is 65.1. The highest BCUT2D eigenvalue weighted by molar-refractivity contribution is 5.71. The Hall–Kier alpha value is -2.89. The van der Waals surface area contributed by atoms with Gasteiger partial charge in [-0.1, -0.05) is 274 Å². The minimum Gasteiger partial charge on any atom is -0.462 e. The van der Waals surface area contributed by atoms with Gasteiger partial charge in [-0.3, -0.25) is 14.4 Å². The van der Waals surface area contributed by atoms with Gasteiger partial charge >= 0.3 is 17.9 Å². The van der Waals surface area contributed by atoms with Gasteiger partial charge in [0.05, 0.1) is 0 Å². The van der Waals surface area contributed by atoms with Crippen molar-refractivity contribution in [3.63, 3.8) is 0 Å². The average Bonchev–Trinajstić information content (AvgIpc) is 3.34. The molecule has 0 aliphatic carbocycles. The fourth-order valence-electron chi connectivity index (χ4n) is 8.41. The van der Waals surface area contributed by atoms with Crippen LogP contribution >= 0.6 is 0 Å². The lowest BCUT2D eigenvalue weighted by Gasteiger charge is -2.18. The first-order valence-electron chi connectivity index (χ1n) is 29.3. The monoisotopic (exact) mass is 951 g/mol.